The van der Waals surface area contributed by atoms with Crippen LogP contribution in [-0.2, 0) is 10.8 Å². The summed E-state index contributed by atoms with van der Waals surface area (Å²) in [7, 11) is 0. The molecule has 1 heteroatoms. The molecule has 0 unspecified atom stereocenters. The van der Waals surface area contributed by atoms with Gasteiger partial charge in [-0.1, -0.05) is 155 Å². The Morgan fingerprint density at radius 3 is 1.53 bits per heavy atom. The van der Waals surface area contributed by atoms with Crippen LogP contribution in [0.1, 0.15) is 49.9 Å². The van der Waals surface area contributed by atoms with E-state index in [1.807, 2.05) is 11.3 Å². The summed E-state index contributed by atoms with van der Waals surface area (Å²) in [5, 5.41) is 10.6. The van der Waals surface area contributed by atoms with Crippen molar-refractivity contribution in [3.05, 3.63) is 180 Å². The van der Waals surface area contributed by atoms with Gasteiger partial charge in [0.25, 0.3) is 0 Å². The summed E-state index contributed by atoms with van der Waals surface area (Å²) in [4.78, 5) is 0. The molecule has 1 heterocycles. The lowest BCUT2D eigenvalue weighted by molar-refractivity contribution is 0.660. The van der Waals surface area contributed by atoms with E-state index in [0.29, 0.717) is 0 Å². The Hall–Kier alpha value is -6.02. The van der Waals surface area contributed by atoms with Crippen LogP contribution in [0.5, 0.6) is 0 Å². The van der Waals surface area contributed by atoms with Gasteiger partial charge in [0.15, 0.2) is 0 Å². The largest absolute Gasteiger partial charge is 0.135 e. The van der Waals surface area contributed by atoms with E-state index in [0.717, 1.165) is 0 Å². The molecule has 1 aromatic heterocycles. The zero-order chi connectivity index (χ0) is 36.8. The van der Waals surface area contributed by atoms with Crippen LogP contribution < -0.4 is 0 Å². The molecular weight excluding hydrogens is 681 g/mol. The summed E-state index contributed by atoms with van der Waals surface area (Å²) in [5.41, 5.74) is 16.1. The maximum absolute atomic E-state index is 2.50. The number of fused-ring (bicyclic) bond motifs is 13. The summed E-state index contributed by atoms with van der Waals surface area (Å²) in [6.07, 6.45) is 0. The van der Waals surface area contributed by atoms with E-state index >= 15 is 0 Å². The van der Waals surface area contributed by atoms with Crippen molar-refractivity contribution in [1.82, 2.24) is 0 Å². The fraction of sp³-hybridized carbons (Fsp3) is 0.111. The minimum absolute atomic E-state index is 0.0178. The summed E-state index contributed by atoms with van der Waals surface area (Å²) < 4.78 is 2.72. The van der Waals surface area contributed by atoms with E-state index < -0.39 is 0 Å². The van der Waals surface area contributed by atoms with Crippen molar-refractivity contribution in [3.63, 3.8) is 0 Å². The van der Waals surface area contributed by atoms with Crippen LogP contribution in [0.25, 0.3) is 97.0 Å². The molecule has 0 aliphatic heterocycles. The Balaban J connectivity index is 1.08. The highest BCUT2D eigenvalue weighted by Crippen LogP contribution is 2.55. The highest BCUT2D eigenvalue weighted by atomic mass is 32.1. The molecule has 260 valence electrons. The highest BCUT2D eigenvalue weighted by molar-refractivity contribution is 7.25. The Kier molecular flexibility index (Phi) is 6.16. The summed E-state index contributed by atoms with van der Waals surface area (Å²) in [6, 6.07) is 60.1. The van der Waals surface area contributed by atoms with Gasteiger partial charge in [-0.2, -0.15) is 0 Å². The molecule has 0 spiro atoms. The molecule has 9 aromatic carbocycles. The van der Waals surface area contributed by atoms with E-state index in [9.17, 15) is 0 Å². The van der Waals surface area contributed by atoms with E-state index in [4.69, 9.17) is 0 Å². The number of benzene rings is 9. The van der Waals surface area contributed by atoms with Gasteiger partial charge in [-0.3, -0.25) is 0 Å². The third-order valence-electron chi connectivity index (χ3n) is 13.2. The van der Waals surface area contributed by atoms with Gasteiger partial charge < -0.3 is 0 Å². The molecule has 2 aliphatic carbocycles. The Bertz CT molecular complexity index is 3260. The van der Waals surface area contributed by atoms with Crippen LogP contribution in [0, 0.1) is 0 Å². The molecule has 2 aliphatic rings. The van der Waals surface area contributed by atoms with Gasteiger partial charge in [-0.15, -0.1) is 11.3 Å². The number of rotatable bonds is 2. The van der Waals surface area contributed by atoms with Crippen LogP contribution in [0.3, 0.4) is 0 Å². The quantitative estimate of drug-likeness (QED) is 0.156. The predicted molar refractivity (Wildman–Crippen MR) is 238 cm³/mol. The second kappa shape index (κ2) is 10.8. The van der Waals surface area contributed by atoms with Crippen molar-refractivity contribution in [2.24, 2.45) is 0 Å². The van der Waals surface area contributed by atoms with Crippen molar-refractivity contribution in [2.45, 2.75) is 38.5 Å². The molecule has 55 heavy (non-hydrogen) atoms. The summed E-state index contributed by atoms with van der Waals surface area (Å²) >= 11 is 1.90. The lowest BCUT2D eigenvalue weighted by Crippen LogP contribution is -2.15. The average molecular weight is 719 g/mol. The number of hydrogen-bond acceptors (Lipinski definition) is 1. The van der Waals surface area contributed by atoms with Gasteiger partial charge in [-0.05, 0) is 129 Å². The molecule has 0 amide bonds. The maximum atomic E-state index is 2.50. The first kappa shape index (κ1) is 31.3. The third-order valence-corrected chi connectivity index (χ3v) is 14.4. The minimum atomic E-state index is -0.128. The second-order valence-corrected chi connectivity index (χ2v) is 17.9. The van der Waals surface area contributed by atoms with E-state index in [2.05, 4.69) is 185 Å². The van der Waals surface area contributed by atoms with Gasteiger partial charge in [0, 0.05) is 31.0 Å². The Morgan fingerprint density at radius 2 is 0.873 bits per heavy atom. The monoisotopic (exact) mass is 718 g/mol. The first-order valence-corrected chi connectivity index (χ1v) is 20.3. The van der Waals surface area contributed by atoms with Gasteiger partial charge in [-0.25, -0.2) is 0 Å². The molecule has 0 N–H and O–H groups in total. The minimum Gasteiger partial charge on any atom is -0.135 e. The molecule has 0 nitrogen and oxygen atoms in total. The van der Waals surface area contributed by atoms with Crippen molar-refractivity contribution >= 4 is 63.8 Å². The molecule has 0 fully saturated rings. The molecule has 12 rings (SSSR count). The van der Waals surface area contributed by atoms with E-state index in [1.54, 1.807) is 0 Å². The lowest BCUT2D eigenvalue weighted by Gasteiger charge is -2.24. The van der Waals surface area contributed by atoms with Gasteiger partial charge >= 0.3 is 0 Å². The molecule has 0 bridgehead atoms. The molecule has 0 radical (unpaired) electrons. The molecule has 0 saturated carbocycles. The first-order valence-electron chi connectivity index (χ1n) is 19.5. The third kappa shape index (κ3) is 4.12. The Morgan fingerprint density at radius 1 is 0.345 bits per heavy atom. The summed E-state index contributed by atoms with van der Waals surface area (Å²) in [6.45, 7) is 9.56. The normalized spacial score (nSPS) is 14.8. The SMILES string of the molecule is CC1(C)c2ccccc2-c2cc(-c3c4ccccc4c(-c4ccc5c(c4)-c4ccc6cc7sc8ccccc8c7cc6c4C5(C)C)c4ccccc34)ccc21. The van der Waals surface area contributed by atoms with Crippen LogP contribution in [-0.4, -0.2) is 0 Å². The fourth-order valence-corrected chi connectivity index (χ4v) is 11.8. The van der Waals surface area contributed by atoms with Crippen molar-refractivity contribution in [1.29, 1.82) is 0 Å². The zero-order valence-corrected chi connectivity index (χ0v) is 32.2. The molecular formula is C54H38S. The van der Waals surface area contributed by atoms with Gasteiger partial charge in [0.2, 0.25) is 0 Å². The maximum Gasteiger partial charge on any atom is 0.0361 e. The Labute approximate surface area is 325 Å². The van der Waals surface area contributed by atoms with Crippen molar-refractivity contribution < 1.29 is 0 Å². The standard InChI is InChI=1S/C54H38S/c1-53(2)45-19-11-9-13-34(45)42-27-32(22-25-46(42)53)50-36-15-5-7-17-38(36)51(39-18-8-6-16-37(39)50)33-23-26-47-43(28-33)40-24-21-31-29-49-44(30-41(31)52(40)54(47,3)4)35-14-10-12-20-48(35)55-49/h5-30H,1-4H3. The van der Waals surface area contributed by atoms with Crippen molar-refractivity contribution in [3.8, 4) is 44.5 Å². The zero-order valence-electron chi connectivity index (χ0n) is 31.4. The van der Waals surface area contributed by atoms with Crippen LogP contribution in [0.4, 0.5) is 0 Å². The first-order chi connectivity index (χ1) is 26.8. The lowest BCUT2D eigenvalue weighted by atomic mass is 9.79. The topological polar surface area (TPSA) is 0 Å². The fourth-order valence-electron chi connectivity index (χ4n) is 10.7. The van der Waals surface area contributed by atoms with E-state index in [-0.39, 0.29) is 10.8 Å². The summed E-state index contributed by atoms with van der Waals surface area (Å²) in [5.74, 6) is 0. The smallest absolute Gasteiger partial charge is 0.0361 e. The average Bonchev–Trinajstić information content (AvgIpc) is 3.77. The van der Waals surface area contributed by atoms with Crippen LogP contribution in [0.2, 0.25) is 0 Å². The highest BCUT2D eigenvalue weighted by Gasteiger charge is 2.38. The molecule has 0 atom stereocenters. The van der Waals surface area contributed by atoms with Crippen LogP contribution in [0.15, 0.2) is 158 Å². The van der Waals surface area contributed by atoms with E-state index in [1.165, 1.54) is 119 Å². The van der Waals surface area contributed by atoms with Gasteiger partial charge in [0.05, 0.1) is 0 Å². The predicted octanol–water partition coefficient (Wildman–Crippen LogP) is 15.5. The van der Waals surface area contributed by atoms with Gasteiger partial charge in [0.1, 0.15) is 0 Å². The van der Waals surface area contributed by atoms with Crippen LogP contribution >= 0.6 is 11.3 Å². The number of hydrogen-bond donors (Lipinski definition) is 0. The molecule has 10 aromatic rings. The van der Waals surface area contributed by atoms with Crippen molar-refractivity contribution in [2.75, 3.05) is 0 Å². The second-order valence-electron chi connectivity index (χ2n) is 16.8. The molecule has 0 saturated heterocycles. The number of thiophene rings is 1.